The third-order valence-corrected chi connectivity index (χ3v) is 23.0. The van der Waals surface area contributed by atoms with Crippen molar-refractivity contribution in [3.05, 3.63) is 0 Å². The van der Waals surface area contributed by atoms with Gasteiger partial charge in [0.25, 0.3) is 0 Å². The van der Waals surface area contributed by atoms with E-state index >= 15 is 14.4 Å². The number of nitrogens with two attached hydrogens (primary N) is 2. The van der Waals surface area contributed by atoms with Crippen LogP contribution >= 0.6 is 21.6 Å². The Balaban J connectivity index is 1.50. The first-order chi connectivity index (χ1) is 46.2. The Morgan fingerprint density at radius 3 is 1.36 bits per heavy atom. The zero-order chi connectivity index (χ0) is 72.7. The second-order valence-electron chi connectivity index (χ2n) is 28.7. The SMILES string of the molecule is CC[C@H](C)[C@@H]1NC(=O)[C@@H]2CCCN2C(=O)[C@@H]2CCCN2C(=O)[C@H](CC(C)(C)C)NC(=O)[C@H](CO)NC(=O)[C@H](CCCN=C(N)N)NC(=O)[C@H](CO)NC(=O)[C@@H]2CSSC(C)(C)[C@H](NC1=O)C(=O)N[C@@H]([C@@H](C)CC)C(=O)N1CCC[C@H]1C(=O)N1CCC[C@H]1C(=O)N[C@@H]([C@@H](C)CC)C(=O)N2. The fourth-order valence-electron chi connectivity index (χ4n) is 13.4. The molecule has 31 nitrogen and oxygen atoms in total. The molecule has 0 aromatic rings. The van der Waals surface area contributed by atoms with E-state index in [9.17, 15) is 58.2 Å². The summed E-state index contributed by atoms with van der Waals surface area (Å²) in [6.07, 6.45) is 3.37. The molecular formula is C65H108N16O15S2. The van der Waals surface area contributed by atoms with Crippen LogP contribution in [0.25, 0.3) is 0 Å². The largest absolute Gasteiger partial charge is 0.394 e. The van der Waals surface area contributed by atoms with Crippen LogP contribution in [0, 0.1) is 23.2 Å². The first-order valence-electron chi connectivity index (χ1n) is 34.8. The minimum absolute atomic E-state index is 0.0142. The van der Waals surface area contributed by atoms with Crippen molar-refractivity contribution in [1.82, 2.24) is 67.5 Å². The zero-order valence-corrected chi connectivity index (χ0v) is 60.3. The predicted octanol–water partition coefficient (Wildman–Crippen LogP) is -1.89. The van der Waals surface area contributed by atoms with Gasteiger partial charge in [0.05, 0.1) is 13.2 Å². The van der Waals surface area contributed by atoms with Gasteiger partial charge >= 0.3 is 0 Å². The molecule has 0 radical (unpaired) electrons. The molecule has 2 bridgehead atoms. The minimum Gasteiger partial charge on any atom is -0.394 e. The maximum Gasteiger partial charge on any atom is 0.246 e. The second kappa shape index (κ2) is 35.9. The lowest BCUT2D eigenvalue weighted by atomic mass is 9.87. The van der Waals surface area contributed by atoms with Gasteiger partial charge in [-0.3, -0.25) is 67.3 Å². The average molecular weight is 1420 g/mol. The maximum atomic E-state index is 15.5. The van der Waals surface area contributed by atoms with E-state index in [1.807, 2.05) is 27.7 Å². The molecule has 0 unspecified atom stereocenters. The summed E-state index contributed by atoms with van der Waals surface area (Å²) in [5, 5.41) is 46.1. The molecule has 0 aromatic heterocycles. The van der Waals surface area contributed by atoms with Crippen molar-refractivity contribution in [1.29, 1.82) is 0 Å². The van der Waals surface area contributed by atoms with Crippen LogP contribution in [0.1, 0.15) is 166 Å². The second-order valence-corrected chi connectivity index (χ2v) is 31.7. The molecule has 550 valence electrons. The van der Waals surface area contributed by atoms with Crippen molar-refractivity contribution in [3.8, 4) is 0 Å². The van der Waals surface area contributed by atoms with Crippen molar-refractivity contribution in [3.63, 3.8) is 0 Å². The third-order valence-electron chi connectivity index (χ3n) is 19.7. The monoisotopic (exact) mass is 1420 g/mol. The summed E-state index contributed by atoms with van der Waals surface area (Å²) in [6.45, 7) is 17.7. The number of nitrogens with one attached hydrogen (secondary N) is 9. The molecule has 0 spiro atoms. The lowest BCUT2D eigenvalue weighted by Gasteiger charge is -2.38. The molecule has 33 heteroatoms. The van der Waals surface area contributed by atoms with E-state index in [1.54, 1.807) is 48.5 Å². The lowest BCUT2D eigenvalue weighted by Crippen LogP contribution is -2.64. The van der Waals surface area contributed by atoms with Gasteiger partial charge < -0.3 is 89.1 Å². The predicted molar refractivity (Wildman–Crippen MR) is 367 cm³/mol. The van der Waals surface area contributed by atoms with E-state index in [4.69, 9.17) is 11.5 Å². The fraction of sp³-hybridized carbons (Fsp3) is 0.785. The average Bonchev–Trinajstić information content (AvgIpc) is 1.59. The van der Waals surface area contributed by atoms with Gasteiger partial charge in [0, 0.05) is 43.2 Å². The van der Waals surface area contributed by atoms with Crippen molar-refractivity contribution >= 4 is 104 Å². The van der Waals surface area contributed by atoms with Gasteiger partial charge in [-0.25, -0.2) is 0 Å². The topological polar surface area (TPSA) is 448 Å². The highest BCUT2D eigenvalue weighted by Gasteiger charge is 2.50. The molecule has 0 aliphatic carbocycles. The normalized spacial score (nSPS) is 30.9. The summed E-state index contributed by atoms with van der Waals surface area (Å²) in [6, 6.07) is -17.9. The molecule has 6 saturated heterocycles. The highest BCUT2D eigenvalue weighted by Crippen LogP contribution is 2.40. The number of rotatable bonds is 13. The molecule has 0 saturated carbocycles. The molecule has 6 aliphatic heterocycles. The summed E-state index contributed by atoms with van der Waals surface area (Å²) in [4.78, 5) is 203. The van der Waals surface area contributed by atoms with Gasteiger partial charge in [-0.2, -0.15) is 0 Å². The van der Waals surface area contributed by atoms with Crippen molar-refractivity contribution in [2.75, 3.05) is 51.7 Å². The van der Waals surface area contributed by atoms with Gasteiger partial charge in [-0.1, -0.05) is 103 Å². The molecule has 6 fully saturated rings. The van der Waals surface area contributed by atoms with Crippen LogP contribution in [0.15, 0.2) is 4.99 Å². The van der Waals surface area contributed by atoms with E-state index in [1.165, 1.54) is 19.6 Å². The molecule has 0 aromatic carbocycles. The number of carbonyl (C=O) groups excluding carboxylic acids is 13. The van der Waals surface area contributed by atoms with Crippen LogP contribution in [-0.4, -0.2) is 248 Å². The standard InChI is InChI=1S/C65H108N16O15S2/c1-12-34(4)46-56(90)73-41-33-97-98-65(10,11)49(58(92)76-48(36(6)14-3)62(96)81-29-19-24-45(81)61(95)79-27-17-21-42(79)54(88)74-46)77-57(91)47(35(5)13-2)75-55(89)43-22-16-26-78(43)60(94)44-23-18-28-80(44)59(93)38(30-64(7,8)9)70-52(86)40(32-83)71-50(84)37(20-15-25-68-63(66)67)69-51(85)39(31-82)72-53(41)87/h34-49,82-83H,12-33H2,1-11H3,(H,69,85)(H,70,86)(H,71,84)(H,72,87)(H,73,90)(H,74,88)(H,75,89)(H,76,92)(H,77,91)(H4,66,67,68)/t34-,35-,36-,37-,38-,39-,40-,41-,42-,43-,44-,45-,46-,47-,48-,49+/m0/s1. The molecule has 6 heterocycles. The molecule has 6 aliphatic rings. The quantitative estimate of drug-likeness (QED) is 0.0415. The number of amides is 13. The van der Waals surface area contributed by atoms with Gasteiger partial charge in [-0.05, 0) is 108 Å². The van der Waals surface area contributed by atoms with Crippen molar-refractivity contribution in [2.45, 2.75) is 249 Å². The first-order valence-corrected chi connectivity index (χ1v) is 37.1. The number of aliphatic hydroxyl groups is 2. The molecule has 6 rings (SSSR count). The number of fused-ring (bicyclic) bond motifs is 9. The fourth-order valence-corrected chi connectivity index (χ4v) is 16.2. The number of aliphatic imine (C=N–C) groups is 1. The summed E-state index contributed by atoms with van der Waals surface area (Å²) in [7, 11) is 1.95. The van der Waals surface area contributed by atoms with Gasteiger partial charge in [0.1, 0.15) is 78.5 Å². The van der Waals surface area contributed by atoms with E-state index in [2.05, 4.69) is 52.8 Å². The third kappa shape index (κ3) is 20.4. The number of carbonyl (C=O) groups is 13. The molecule has 16 atom stereocenters. The van der Waals surface area contributed by atoms with Gasteiger partial charge in [0.15, 0.2) is 5.96 Å². The molecule has 15 N–H and O–H groups in total. The van der Waals surface area contributed by atoms with Crippen molar-refractivity contribution in [2.24, 2.45) is 39.6 Å². The molecule has 13 amide bonds. The first kappa shape index (κ1) is 80.0. The highest BCUT2D eigenvalue weighted by atomic mass is 33.1. The summed E-state index contributed by atoms with van der Waals surface area (Å²) in [5.74, 6) is -12.6. The van der Waals surface area contributed by atoms with Crippen LogP contribution in [0.5, 0.6) is 0 Å². The minimum atomic E-state index is -1.85. The smallest absolute Gasteiger partial charge is 0.246 e. The van der Waals surface area contributed by atoms with Gasteiger partial charge in [0.2, 0.25) is 76.8 Å². The summed E-state index contributed by atoms with van der Waals surface area (Å²) < 4.78 is -1.44. The van der Waals surface area contributed by atoms with E-state index < -0.39 is 196 Å². The van der Waals surface area contributed by atoms with Crippen LogP contribution < -0.4 is 59.3 Å². The lowest BCUT2D eigenvalue weighted by molar-refractivity contribution is -0.149. The Kier molecular flexibility index (Phi) is 29.3. The maximum absolute atomic E-state index is 15.5. The number of guanidine groups is 1. The Hall–Kier alpha value is -7.00. The Morgan fingerprint density at radius 1 is 0.500 bits per heavy atom. The number of hydrogen-bond acceptors (Lipinski definition) is 18. The van der Waals surface area contributed by atoms with Crippen LogP contribution in [0.2, 0.25) is 0 Å². The van der Waals surface area contributed by atoms with Crippen LogP contribution in [0.3, 0.4) is 0 Å². The van der Waals surface area contributed by atoms with Crippen LogP contribution in [-0.2, 0) is 62.3 Å². The number of nitrogens with zero attached hydrogens (tertiary/aromatic N) is 5. The van der Waals surface area contributed by atoms with E-state index in [-0.39, 0.29) is 89.4 Å². The molecular weight excluding hydrogens is 1310 g/mol. The number of aliphatic hydroxyl groups excluding tert-OH is 2. The summed E-state index contributed by atoms with van der Waals surface area (Å²) >= 11 is 0. The zero-order valence-electron chi connectivity index (χ0n) is 58.7. The Bertz CT molecular complexity index is 2950. The Labute approximate surface area is 582 Å². The van der Waals surface area contributed by atoms with E-state index in [0.717, 1.165) is 21.6 Å². The summed E-state index contributed by atoms with van der Waals surface area (Å²) in [5.41, 5.74) is 10.5. The Morgan fingerprint density at radius 2 is 0.898 bits per heavy atom. The van der Waals surface area contributed by atoms with Crippen molar-refractivity contribution < 1.29 is 72.5 Å². The number of hydrogen-bond donors (Lipinski definition) is 13. The highest BCUT2D eigenvalue weighted by molar-refractivity contribution is 8.77. The van der Waals surface area contributed by atoms with E-state index in [0.29, 0.717) is 44.9 Å². The van der Waals surface area contributed by atoms with Crippen LogP contribution in [0.4, 0.5) is 0 Å². The molecule has 98 heavy (non-hydrogen) atoms. The van der Waals surface area contributed by atoms with Gasteiger partial charge in [-0.15, -0.1) is 0 Å².